The van der Waals surface area contributed by atoms with Crippen LogP contribution in [-0.4, -0.2) is 42.7 Å². The molecule has 1 aliphatic heterocycles. The average Bonchev–Trinajstić information content (AvgIpc) is 2.90. The van der Waals surface area contributed by atoms with Crippen LogP contribution in [0.2, 0.25) is 0 Å². The van der Waals surface area contributed by atoms with Crippen molar-refractivity contribution in [3.63, 3.8) is 0 Å². The molecule has 0 aliphatic carbocycles. The second kappa shape index (κ2) is 5.65. The fourth-order valence-electron chi connectivity index (χ4n) is 3.33. The Kier molecular flexibility index (Phi) is 3.83. The summed E-state index contributed by atoms with van der Waals surface area (Å²) in [6.45, 7) is 5.05. The third-order valence-corrected chi connectivity index (χ3v) is 4.46. The quantitative estimate of drug-likeness (QED) is 0.886. The first kappa shape index (κ1) is 14.9. The van der Waals surface area contributed by atoms with E-state index in [1.165, 1.54) is 12.7 Å². The van der Waals surface area contributed by atoms with Crippen LogP contribution >= 0.6 is 0 Å². The first-order valence-electron chi connectivity index (χ1n) is 7.59. The van der Waals surface area contributed by atoms with Gasteiger partial charge in [0.1, 0.15) is 11.8 Å². The Morgan fingerprint density at radius 1 is 1.36 bits per heavy atom. The molecule has 1 aromatic carbocycles. The maximum Gasteiger partial charge on any atom is 0.329 e. The molecule has 1 aliphatic rings. The van der Waals surface area contributed by atoms with Gasteiger partial charge in [0, 0.05) is 29.2 Å². The molecule has 118 valence electrons. The number of fused-ring (bicyclic) bond motifs is 3. The second-order valence-corrected chi connectivity index (χ2v) is 5.94. The van der Waals surface area contributed by atoms with Crippen LogP contribution in [-0.2, 0) is 16.0 Å². The number of rotatable bonds is 3. The lowest BCUT2D eigenvalue weighted by Gasteiger charge is -2.36. The van der Waals surface area contributed by atoms with E-state index in [0.717, 1.165) is 35.3 Å². The van der Waals surface area contributed by atoms with Crippen LogP contribution < -0.4 is 4.74 Å². The lowest BCUT2D eigenvalue weighted by atomic mass is 9.96. The number of H-pyrrole nitrogens is 1. The average molecular weight is 302 g/mol. The fourth-order valence-corrected chi connectivity index (χ4v) is 3.33. The maximum atomic E-state index is 12.3. The number of aromatic amines is 1. The Hall–Kier alpha value is -2.01. The molecule has 0 amide bonds. The standard InChI is InChI=1S/C17H22N2O3/c1-10(2)19-8-7-12-13-9-11(21-3)5-6-14(13)18-15(12)16(19)17(20)22-4/h5-6,9-10,16,18H,7-8H2,1-4H3. The van der Waals surface area contributed by atoms with Gasteiger partial charge in [0.15, 0.2) is 0 Å². The van der Waals surface area contributed by atoms with Crippen molar-refractivity contribution in [3.8, 4) is 5.75 Å². The Morgan fingerprint density at radius 2 is 2.14 bits per heavy atom. The summed E-state index contributed by atoms with van der Waals surface area (Å²) < 4.78 is 10.4. The number of nitrogens with zero attached hydrogens (tertiary/aromatic N) is 1. The molecule has 22 heavy (non-hydrogen) atoms. The summed E-state index contributed by atoms with van der Waals surface area (Å²) in [5.74, 6) is 0.614. The Bertz CT molecular complexity index is 705. The van der Waals surface area contributed by atoms with Gasteiger partial charge in [0.25, 0.3) is 0 Å². The van der Waals surface area contributed by atoms with Crippen LogP contribution in [0.25, 0.3) is 10.9 Å². The molecule has 1 N–H and O–H groups in total. The number of nitrogens with one attached hydrogen (secondary N) is 1. The van der Waals surface area contributed by atoms with Gasteiger partial charge in [-0.05, 0) is 44.0 Å². The van der Waals surface area contributed by atoms with Crippen LogP contribution in [0.15, 0.2) is 18.2 Å². The van der Waals surface area contributed by atoms with Crippen LogP contribution in [0.1, 0.15) is 31.1 Å². The Morgan fingerprint density at radius 3 is 2.77 bits per heavy atom. The lowest BCUT2D eigenvalue weighted by Crippen LogP contribution is -2.44. The number of carbonyl (C=O) groups is 1. The molecule has 1 unspecified atom stereocenters. The smallest absolute Gasteiger partial charge is 0.329 e. The van der Waals surface area contributed by atoms with Crippen LogP contribution in [0.4, 0.5) is 0 Å². The molecule has 0 fully saturated rings. The van der Waals surface area contributed by atoms with Crippen molar-refractivity contribution in [2.24, 2.45) is 0 Å². The molecule has 0 radical (unpaired) electrons. The van der Waals surface area contributed by atoms with Gasteiger partial charge in [-0.3, -0.25) is 4.90 Å². The van der Waals surface area contributed by atoms with Crippen molar-refractivity contribution in [2.45, 2.75) is 32.4 Å². The molecule has 5 nitrogen and oxygen atoms in total. The van der Waals surface area contributed by atoms with Crippen LogP contribution in [0, 0.1) is 0 Å². The SMILES string of the molecule is COC(=O)C1c2[nH]c3ccc(OC)cc3c2CCN1C(C)C. The summed E-state index contributed by atoms with van der Waals surface area (Å²) in [6.07, 6.45) is 0.911. The summed E-state index contributed by atoms with van der Waals surface area (Å²) >= 11 is 0. The fraction of sp³-hybridized carbons (Fsp3) is 0.471. The number of aromatic nitrogens is 1. The zero-order valence-corrected chi connectivity index (χ0v) is 13.5. The number of hydrogen-bond acceptors (Lipinski definition) is 4. The van der Waals surface area contributed by atoms with E-state index in [-0.39, 0.29) is 18.1 Å². The zero-order valence-electron chi connectivity index (χ0n) is 13.5. The Labute approximate surface area is 130 Å². The highest BCUT2D eigenvalue weighted by atomic mass is 16.5. The summed E-state index contributed by atoms with van der Waals surface area (Å²) in [5.41, 5.74) is 3.18. The van der Waals surface area contributed by atoms with E-state index in [9.17, 15) is 4.79 Å². The number of benzene rings is 1. The highest BCUT2D eigenvalue weighted by Crippen LogP contribution is 2.37. The summed E-state index contributed by atoms with van der Waals surface area (Å²) in [5, 5.41) is 1.13. The van der Waals surface area contributed by atoms with Gasteiger partial charge in [-0.2, -0.15) is 0 Å². The lowest BCUT2D eigenvalue weighted by molar-refractivity contribution is -0.148. The van der Waals surface area contributed by atoms with E-state index >= 15 is 0 Å². The molecular formula is C17H22N2O3. The first-order chi connectivity index (χ1) is 10.6. The van der Waals surface area contributed by atoms with Crippen molar-refractivity contribution in [2.75, 3.05) is 20.8 Å². The molecule has 0 saturated carbocycles. The predicted octanol–water partition coefficient (Wildman–Crippen LogP) is 2.66. The second-order valence-electron chi connectivity index (χ2n) is 5.94. The van der Waals surface area contributed by atoms with E-state index < -0.39 is 0 Å². The molecule has 3 rings (SSSR count). The van der Waals surface area contributed by atoms with E-state index in [4.69, 9.17) is 9.47 Å². The maximum absolute atomic E-state index is 12.3. The van der Waals surface area contributed by atoms with Gasteiger partial charge in [-0.15, -0.1) is 0 Å². The van der Waals surface area contributed by atoms with Crippen LogP contribution in [0.5, 0.6) is 5.75 Å². The van der Waals surface area contributed by atoms with E-state index in [2.05, 4.69) is 23.7 Å². The van der Waals surface area contributed by atoms with Gasteiger partial charge < -0.3 is 14.5 Å². The zero-order chi connectivity index (χ0) is 15.9. The first-order valence-corrected chi connectivity index (χ1v) is 7.59. The number of hydrogen-bond donors (Lipinski definition) is 1. The van der Waals surface area contributed by atoms with Gasteiger partial charge in [0.2, 0.25) is 0 Å². The minimum Gasteiger partial charge on any atom is -0.497 e. The summed E-state index contributed by atoms with van der Waals surface area (Å²) in [4.78, 5) is 17.9. The largest absolute Gasteiger partial charge is 0.497 e. The highest BCUT2D eigenvalue weighted by molar-refractivity contribution is 5.89. The Balaban J connectivity index is 2.16. The van der Waals surface area contributed by atoms with E-state index in [1.807, 2.05) is 18.2 Å². The minimum atomic E-state index is -0.368. The third kappa shape index (κ3) is 2.25. The number of methoxy groups -OCH3 is 2. The summed E-state index contributed by atoms with van der Waals surface area (Å²) in [7, 11) is 3.11. The number of esters is 1. The van der Waals surface area contributed by atoms with E-state index in [0.29, 0.717) is 0 Å². The molecule has 0 bridgehead atoms. The monoisotopic (exact) mass is 302 g/mol. The van der Waals surface area contributed by atoms with Gasteiger partial charge >= 0.3 is 5.97 Å². The van der Waals surface area contributed by atoms with Crippen molar-refractivity contribution in [1.29, 1.82) is 0 Å². The molecular weight excluding hydrogens is 280 g/mol. The normalized spacial score (nSPS) is 18.5. The number of carbonyl (C=O) groups excluding carboxylic acids is 1. The van der Waals surface area contributed by atoms with Gasteiger partial charge in [-0.1, -0.05) is 0 Å². The van der Waals surface area contributed by atoms with Gasteiger partial charge in [-0.25, -0.2) is 4.79 Å². The minimum absolute atomic E-state index is 0.215. The van der Waals surface area contributed by atoms with Crippen molar-refractivity contribution in [3.05, 3.63) is 29.5 Å². The van der Waals surface area contributed by atoms with Gasteiger partial charge in [0.05, 0.1) is 14.2 Å². The molecule has 2 aromatic rings. The molecule has 0 saturated heterocycles. The molecule has 5 heteroatoms. The third-order valence-electron chi connectivity index (χ3n) is 4.46. The molecule has 1 aromatic heterocycles. The molecule has 1 atom stereocenters. The topological polar surface area (TPSA) is 54.6 Å². The van der Waals surface area contributed by atoms with Crippen molar-refractivity contribution in [1.82, 2.24) is 9.88 Å². The van der Waals surface area contributed by atoms with Crippen LogP contribution in [0.3, 0.4) is 0 Å². The summed E-state index contributed by atoms with van der Waals surface area (Å²) in [6, 6.07) is 5.87. The van der Waals surface area contributed by atoms with Crippen molar-refractivity contribution >= 4 is 16.9 Å². The highest BCUT2D eigenvalue weighted by Gasteiger charge is 2.37. The van der Waals surface area contributed by atoms with Crippen molar-refractivity contribution < 1.29 is 14.3 Å². The predicted molar refractivity (Wildman–Crippen MR) is 85.2 cm³/mol. The molecule has 2 heterocycles. The van der Waals surface area contributed by atoms with E-state index in [1.54, 1.807) is 7.11 Å². The molecule has 0 spiro atoms. The number of ether oxygens (including phenoxy) is 2.